The second-order valence-electron chi connectivity index (χ2n) is 6.82. The Morgan fingerprint density at radius 1 is 1.32 bits per heavy atom. The van der Waals surface area contributed by atoms with Gasteiger partial charge in [0, 0.05) is 13.2 Å². The van der Waals surface area contributed by atoms with Crippen molar-refractivity contribution in [3.8, 4) is 12.3 Å². The molecule has 0 aromatic rings. The molecule has 1 spiro atoms. The van der Waals surface area contributed by atoms with E-state index in [1.165, 1.54) is 0 Å². The molecule has 0 aromatic heterocycles. The lowest BCUT2D eigenvalue weighted by Gasteiger charge is -2.55. The maximum absolute atomic E-state index is 11.8. The summed E-state index contributed by atoms with van der Waals surface area (Å²) < 4.78 is 10.7. The van der Waals surface area contributed by atoms with E-state index in [0.29, 0.717) is 0 Å². The molecule has 106 valence electrons. The second-order valence-corrected chi connectivity index (χ2v) is 6.82. The minimum atomic E-state index is -0.528. The Morgan fingerprint density at radius 3 is 2.37 bits per heavy atom. The summed E-state index contributed by atoms with van der Waals surface area (Å²) in [7, 11) is 0. The molecule has 2 rings (SSSR count). The van der Waals surface area contributed by atoms with Crippen LogP contribution < -0.4 is 5.32 Å². The van der Waals surface area contributed by atoms with E-state index in [1.54, 1.807) is 0 Å². The smallest absolute Gasteiger partial charge is 0.408 e. The number of carbonyl (C=O) groups excluding carboxylic acids is 1. The van der Waals surface area contributed by atoms with E-state index < -0.39 is 17.2 Å². The van der Waals surface area contributed by atoms with E-state index in [9.17, 15) is 4.79 Å². The zero-order valence-electron chi connectivity index (χ0n) is 12.0. The van der Waals surface area contributed by atoms with Gasteiger partial charge in [-0.2, -0.15) is 0 Å². The highest BCUT2D eigenvalue weighted by molar-refractivity contribution is 5.70. The Morgan fingerprint density at radius 2 is 1.89 bits per heavy atom. The van der Waals surface area contributed by atoms with E-state index in [1.807, 2.05) is 20.8 Å². The van der Waals surface area contributed by atoms with Gasteiger partial charge in [-0.15, -0.1) is 6.42 Å². The Balaban J connectivity index is 1.92. The molecule has 0 unspecified atom stereocenters. The van der Waals surface area contributed by atoms with Crippen LogP contribution in [0.25, 0.3) is 0 Å². The third-order valence-corrected chi connectivity index (χ3v) is 3.92. The summed E-state index contributed by atoms with van der Waals surface area (Å²) in [4.78, 5) is 11.8. The van der Waals surface area contributed by atoms with Crippen molar-refractivity contribution >= 4 is 6.09 Å². The molecule has 1 aliphatic carbocycles. The summed E-state index contributed by atoms with van der Waals surface area (Å²) >= 11 is 0. The zero-order chi connectivity index (χ0) is 14.1. The van der Waals surface area contributed by atoms with Crippen LogP contribution >= 0.6 is 0 Å². The Hall–Kier alpha value is -1.21. The molecule has 1 N–H and O–H groups in total. The topological polar surface area (TPSA) is 47.6 Å². The number of terminal acetylenes is 1. The third kappa shape index (κ3) is 3.22. The molecule has 0 atom stereocenters. The molecule has 19 heavy (non-hydrogen) atoms. The standard InChI is InChI=1S/C15H23NO3/c1-5-15(16-12(17)19-13(2,3)4)10-14(11-15)6-8-18-9-7-14/h1H,6-11H2,2-4H3,(H,16,17). The third-order valence-electron chi connectivity index (χ3n) is 3.92. The predicted molar refractivity (Wildman–Crippen MR) is 72.7 cm³/mol. The maximum Gasteiger partial charge on any atom is 0.408 e. The van der Waals surface area contributed by atoms with Crippen molar-refractivity contribution in [3.63, 3.8) is 0 Å². The van der Waals surface area contributed by atoms with Crippen molar-refractivity contribution in [2.24, 2.45) is 5.41 Å². The van der Waals surface area contributed by atoms with Crippen LogP contribution in [0, 0.1) is 17.8 Å². The van der Waals surface area contributed by atoms with Gasteiger partial charge < -0.3 is 14.8 Å². The second kappa shape index (κ2) is 4.72. The Labute approximate surface area is 115 Å². The van der Waals surface area contributed by atoms with Crippen molar-refractivity contribution in [1.82, 2.24) is 5.32 Å². The number of carbonyl (C=O) groups is 1. The van der Waals surface area contributed by atoms with Crippen LogP contribution in [-0.4, -0.2) is 30.4 Å². The minimum absolute atomic E-state index is 0.264. The summed E-state index contributed by atoms with van der Waals surface area (Å²) in [5.41, 5.74) is -0.765. The van der Waals surface area contributed by atoms with Gasteiger partial charge in [0.1, 0.15) is 11.1 Å². The fraction of sp³-hybridized carbons (Fsp3) is 0.800. The molecule has 4 nitrogen and oxygen atoms in total. The molecule has 1 amide bonds. The minimum Gasteiger partial charge on any atom is -0.444 e. The van der Waals surface area contributed by atoms with E-state index in [2.05, 4.69) is 11.2 Å². The van der Waals surface area contributed by atoms with Crippen LogP contribution in [0.3, 0.4) is 0 Å². The normalized spacial score (nSPS) is 24.1. The lowest BCUT2D eigenvalue weighted by atomic mass is 9.54. The number of hydrogen-bond donors (Lipinski definition) is 1. The van der Waals surface area contributed by atoms with E-state index in [-0.39, 0.29) is 5.41 Å². The van der Waals surface area contributed by atoms with Crippen molar-refractivity contribution in [3.05, 3.63) is 0 Å². The van der Waals surface area contributed by atoms with Crippen LogP contribution in [0.5, 0.6) is 0 Å². The number of ether oxygens (including phenoxy) is 2. The molecular weight excluding hydrogens is 242 g/mol. The van der Waals surface area contributed by atoms with E-state index in [4.69, 9.17) is 15.9 Å². The molecule has 1 heterocycles. The van der Waals surface area contributed by atoms with Gasteiger partial charge in [-0.25, -0.2) is 4.79 Å². The van der Waals surface area contributed by atoms with Gasteiger partial charge >= 0.3 is 6.09 Å². The molecule has 0 bridgehead atoms. The molecular formula is C15H23NO3. The van der Waals surface area contributed by atoms with Crippen LogP contribution in [-0.2, 0) is 9.47 Å². The molecule has 1 saturated heterocycles. The number of rotatable bonds is 1. The first-order chi connectivity index (χ1) is 8.78. The predicted octanol–water partition coefficient (Wildman–Crippen LogP) is 2.47. The number of amides is 1. The highest BCUT2D eigenvalue weighted by Gasteiger charge is 2.55. The Kier molecular flexibility index (Phi) is 3.53. The molecule has 2 fully saturated rings. The summed E-state index contributed by atoms with van der Waals surface area (Å²) in [5, 5.41) is 2.87. The highest BCUT2D eigenvalue weighted by atomic mass is 16.6. The largest absolute Gasteiger partial charge is 0.444 e. The fourth-order valence-corrected chi connectivity index (χ4v) is 3.11. The number of alkyl carbamates (subject to hydrolysis) is 1. The van der Waals surface area contributed by atoms with Gasteiger partial charge in [-0.3, -0.25) is 0 Å². The van der Waals surface area contributed by atoms with Gasteiger partial charge in [0.15, 0.2) is 0 Å². The first-order valence-electron chi connectivity index (χ1n) is 6.85. The lowest BCUT2D eigenvalue weighted by Crippen LogP contribution is -2.62. The molecule has 0 radical (unpaired) electrons. The van der Waals surface area contributed by atoms with Crippen LogP contribution in [0.1, 0.15) is 46.5 Å². The van der Waals surface area contributed by atoms with Crippen molar-refractivity contribution in [2.75, 3.05) is 13.2 Å². The van der Waals surface area contributed by atoms with Gasteiger partial charge in [-0.1, -0.05) is 5.92 Å². The quantitative estimate of drug-likeness (QED) is 0.741. The molecule has 4 heteroatoms. The Bertz CT molecular complexity index is 389. The van der Waals surface area contributed by atoms with Crippen LogP contribution in [0.15, 0.2) is 0 Å². The molecule has 1 aliphatic heterocycles. The van der Waals surface area contributed by atoms with E-state index in [0.717, 1.165) is 38.9 Å². The summed E-state index contributed by atoms with van der Waals surface area (Å²) in [6, 6.07) is 0. The molecule has 0 aromatic carbocycles. The van der Waals surface area contributed by atoms with Gasteiger partial charge in [0.05, 0.1) is 0 Å². The summed E-state index contributed by atoms with van der Waals surface area (Å²) in [5.74, 6) is 2.75. The SMILES string of the molecule is C#CC1(NC(=O)OC(C)(C)C)CC2(CCOCC2)C1. The fourth-order valence-electron chi connectivity index (χ4n) is 3.11. The monoisotopic (exact) mass is 265 g/mol. The summed E-state index contributed by atoms with van der Waals surface area (Å²) in [6.07, 6.45) is 8.93. The van der Waals surface area contributed by atoms with Crippen molar-refractivity contribution < 1.29 is 14.3 Å². The van der Waals surface area contributed by atoms with Crippen molar-refractivity contribution in [1.29, 1.82) is 0 Å². The molecule has 2 aliphatic rings. The zero-order valence-corrected chi connectivity index (χ0v) is 12.0. The summed E-state index contributed by atoms with van der Waals surface area (Å²) in [6.45, 7) is 7.13. The van der Waals surface area contributed by atoms with Crippen molar-refractivity contribution in [2.45, 2.75) is 57.6 Å². The average molecular weight is 265 g/mol. The lowest BCUT2D eigenvalue weighted by molar-refractivity contribution is -0.0649. The number of nitrogens with one attached hydrogen (secondary N) is 1. The maximum atomic E-state index is 11.8. The number of hydrogen-bond acceptors (Lipinski definition) is 3. The van der Waals surface area contributed by atoms with Gasteiger partial charge in [-0.05, 0) is 51.9 Å². The first-order valence-corrected chi connectivity index (χ1v) is 6.85. The average Bonchev–Trinajstić information content (AvgIpc) is 2.25. The van der Waals surface area contributed by atoms with Gasteiger partial charge in [0.25, 0.3) is 0 Å². The first kappa shape index (κ1) is 14.2. The van der Waals surface area contributed by atoms with E-state index >= 15 is 0 Å². The van der Waals surface area contributed by atoms with Crippen LogP contribution in [0.2, 0.25) is 0 Å². The molecule has 1 saturated carbocycles. The highest BCUT2D eigenvalue weighted by Crippen LogP contribution is 2.54. The van der Waals surface area contributed by atoms with Gasteiger partial charge in [0.2, 0.25) is 0 Å². The van der Waals surface area contributed by atoms with Crippen LogP contribution in [0.4, 0.5) is 4.79 Å².